The maximum absolute atomic E-state index is 13.0. The maximum Gasteiger partial charge on any atom is 0.302 e. The van der Waals surface area contributed by atoms with Crippen molar-refractivity contribution in [1.82, 2.24) is 0 Å². The van der Waals surface area contributed by atoms with Gasteiger partial charge in [0.25, 0.3) is 0 Å². The lowest BCUT2D eigenvalue weighted by Gasteiger charge is -2.69. The van der Waals surface area contributed by atoms with E-state index in [1.807, 2.05) is 13.0 Å². The van der Waals surface area contributed by atoms with Crippen molar-refractivity contribution in [2.75, 3.05) is 6.61 Å². The Labute approximate surface area is 169 Å². The summed E-state index contributed by atoms with van der Waals surface area (Å²) in [4.78, 5) is 24.5. The largest absolute Gasteiger partial charge is 0.465 e. The molecule has 0 amide bonds. The molecule has 4 rings (SSSR count). The quantitative estimate of drug-likeness (QED) is 0.566. The van der Waals surface area contributed by atoms with Crippen molar-refractivity contribution in [3.05, 3.63) is 12.2 Å². The highest BCUT2D eigenvalue weighted by molar-refractivity contribution is 5.86. The summed E-state index contributed by atoms with van der Waals surface area (Å²) in [6.07, 6.45) is 9.60. The zero-order chi connectivity index (χ0) is 20.5. The Morgan fingerprint density at radius 3 is 2.50 bits per heavy atom. The molecule has 4 aliphatic rings. The van der Waals surface area contributed by atoms with E-state index in [2.05, 4.69) is 26.8 Å². The fraction of sp³-hybridized carbons (Fsp3) is 0.833. The van der Waals surface area contributed by atoms with Gasteiger partial charge in [-0.2, -0.15) is 0 Å². The Morgan fingerprint density at radius 2 is 1.82 bits per heavy atom. The van der Waals surface area contributed by atoms with E-state index >= 15 is 0 Å². The maximum atomic E-state index is 13.0. The Morgan fingerprint density at radius 1 is 1.11 bits per heavy atom. The van der Waals surface area contributed by atoms with Crippen LogP contribution in [0.3, 0.4) is 0 Å². The van der Waals surface area contributed by atoms with Crippen molar-refractivity contribution in [3.63, 3.8) is 0 Å². The lowest BCUT2D eigenvalue weighted by atomic mass is 9.35. The third-order valence-electron chi connectivity index (χ3n) is 10.1. The van der Waals surface area contributed by atoms with E-state index in [1.54, 1.807) is 0 Å². The molecule has 4 aliphatic carbocycles. The molecule has 1 N–H and O–H groups in total. The molecule has 3 fully saturated rings. The molecule has 8 unspecified atom stereocenters. The van der Waals surface area contributed by atoms with Crippen LogP contribution in [0, 0.1) is 39.4 Å². The van der Waals surface area contributed by atoms with Crippen LogP contribution in [0.5, 0.6) is 0 Å². The molecule has 0 aromatic rings. The van der Waals surface area contributed by atoms with Gasteiger partial charge < -0.3 is 9.84 Å². The Hall–Kier alpha value is -1.16. The average molecular weight is 389 g/mol. The third kappa shape index (κ3) is 2.33. The molecule has 4 nitrogen and oxygen atoms in total. The normalized spacial score (nSPS) is 52.6. The minimum atomic E-state index is -0.593. The number of allylic oxidation sites excluding steroid dienone is 1. The predicted octanol–water partition coefficient (Wildman–Crippen LogP) is 4.30. The van der Waals surface area contributed by atoms with Gasteiger partial charge in [-0.1, -0.05) is 32.9 Å². The number of hydrogen-bond acceptors (Lipinski definition) is 4. The fourth-order valence-corrected chi connectivity index (χ4v) is 8.26. The van der Waals surface area contributed by atoms with Gasteiger partial charge in [-0.05, 0) is 67.6 Å². The number of carbonyl (C=O) groups excluding carboxylic acids is 2. The number of fused-ring (bicyclic) bond motifs is 5. The van der Waals surface area contributed by atoms with Crippen LogP contribution in [0.2, 0.25) is 0 Å². The molecular weight excluding hydrogens is 352 g/mol. The minimum Gasteiger partial charge on any atom is -0.465 e. The van der Waals surface area contributed by atoms with Gasteiger partial charge in [0.05, 0.1) is 11.5 Å². The van der Waals surface area contributed by atoms with Crippen molar-refractivity contribution >= 4 is 11.8 Å². The van der Waals surface area contributed by atoms with Crippen LogP contribution >= 0.6 is 0 Å². The van der Waals surface area contributed by atoms with E-state index in [0.717, 1.165) is 32.1 Å². The molecule has 3 saturated carbocycles. The Bertz CT molecular complexity index is 728. The number of ether oxygens (including phenoxy) is 1. The molecule has 0 bridgehead atoms. The molecule has 8 atom stereocenters. The van der Waals surface area contributed by atoms with Crippen molar-refractivity contribution in [2.24, 2.45) is 39.4 Å². The summed E-state index contributed by atoms with van der Waals surface area (Å²) in [6.45, 7) is 10.7. The molecule has 0 aliphatic heterocycles. The molecule has 0 saturated heterocycles. The standard InChI is InChI=1S/C24H36O4/c1-15(25)28-14-22(3)17-10-13-23(4)18(21(17,2)12-11-19(22)26)8-6-16-7-9-20(27)24(16,23)5/h7,9,16-18,20,27H,6,8,10-14H2,1-5H3. The fourth-order valence-electron chi connectivity index (χ4n) is 8.26. The van der Waals surface area contributed by atoms with Crippen molar-refractivity contribution in [3.8, 4) is 0 Å². The van der Waals surface area contributed by atoms with Gasteiger partial charge >= 0.3 is 5.97 Å². The number of rotatable bonds is 2. The monoisotopic (exact) mass is 388 g/mol. The second-order valence-corrected chi connectivity index (χ2v) is 11.0. The van der Waals surface area contributed by atoms with E-state index in [4.69, 9.17) is 4.74 Å². The molecule has 28 heavy (non-hydrogen) atoms. The first kappa shape index (κ1) is 20.1. The lowest BCUT2D eigenvalue weighted by molar-refractivity contribution is -0.220. The highest BCUT2D eigenvalue weighted by Crippen LogP contribution is 2.73. The van der Waals surface area contributed by atoms with Gasteiger partial charge in [-0.3, -0.25) is 9.59 Å². The number of esters is 1. The predicted molar refractivity (Wildman–Crippen MR) is 107 cm³/mol. The average Bonchev–Trinajstić information content (AvgIpc) is 2.93. The molecular formula is C24H36O4. The summed E-state index contributed by atoms with van der Waals surface area (Å²) in [7, 11) is 0. The van der Waals surface area contributed by atoms with Crippen LogP contribution in [-0.4, -0.2) is 29.6 Å². The van der Waals surface area contributed by atoms with Crippen LogP contribution in [0.25, 0.3) is 0 Å². The molecule has 156 valence electrons. The molecule has 0 radical (unpaired) electrons. The smallest absolute Gasteiger partial charge is 0.302 e. The van der Waals surface area contributed by atoms with Gasteiger partial charge in [0.1, 0.15) is 12.4 Å². The van der Waals surface area contributed by atoms with Crippen molar-refractivity contribution in [1.29, 1.82) is 0 Å². The first-order valence-electron chi connectivity index (χ1n) is 11.0. The van der Waals surface area contributed by atoms with Gasteiger partial charge in [0, 0.05) is 18.8 Å². The zero-order valence-corrected chi connectivity index (χ0v) is 18.1. The molecule has 0 aromatic carbocycles. The first-order valence-corrected chi connectivity index (χ1v) is 11.0. The van der Waals surface area contributed by atoms with E-state index in [1.165, 1.54) is 6.92 Å². The molecule has 0 aromatic heterocycles. The van der Waals surface area contributed by atoms with E-state index in [9.17, 15) is 14.7 Å². The topological polar surface area (TPSA) is 63.6 Å². The summed E-state index contributed by atoms with van der Waals surface area (Å²) in [6, 6.07) is 0. The third-order valence-corrected chi connectivity index (χ3v) is 10.1. The summed E-state index contributed by atoms with van der Waals surface area (Å²) < 4.78 is 5.41. The molecule has 0 heterocycles. The Kier molecular flexibility index (Phi) is 4.43. The van der Waals surface area contributed by atoms with E-state index in [0.29, 0.717) is 18.3 Å². The number of ketones is 1. The molecule has 4 heteroatoms. The van der Waals surface area contributed by atoms with Crippen LogP contribution < -0.4 is 0 Å². The van der Waals surface area contributed by atoms with Crippen LogP contribution in [0.1, 0.15) is 73.1 Å². The van der Waals surface area contributed by atoms with Gasteiger partial charge in [0.2, 0.25) is 0 Å². The summed E-state index contributed by atoms with van der Waals surface area (Å²) in [5.41, 5.74) is -0.638. The van der Waals surface area contributed by atoms with Crippen LogP contribution in [0.4, 0.5) is 0 Å². The summed E-state index contributed by atoms with van der Waals surface area (Å²) in [5, 5.41) is 11.0. The summed E-state index contributed by atoms with van der Waals surface area (Å²) in [5.74, 6) is 1.09. The highest BCUT2D eigenvalue weighted by atomic mass is 16.5. The lowest BCUT2D eigenvalue weighted by Crippen LogP contribution is -2.65. The number of aliphatic hydroxyl groups is 1. The number of aliphatic hydroxyl groups excluding tert-OH is 1. The number of hydrogen-bond donors (Lipinski definition) is 1. The van der Waals surface area contributed by atoms with Crippen LogP contribution in [0.15, 0.2) is 12.2 Å². The number of Topliss-reactive ketones (excluding diaryl/α,β-unsaturated/α-hetero) is 1. The van der Waals surface area contributed by atoms with Gasteiger partial charge in [0.15, 0.2) is 0 Å². The van der Waals surface area contributed by atoms with E-state index < -0.39 is 5.41 Å². The first-order chi connectivity index (χ1) is 13.0. The minimum absolute atomic E-state index is 0.0338. The highest BCUT2D eigenvalue weighted by Gasteiger charge is 2.69. The number of carbonyl (C=O) groups is 2. The second-order valence-electron chi connectivity index (χ2n) is 11.0. The van der Waals surface area contributed by atoms with Crippen molar-refractivity contribution in [2.45, 2.75) is 79.2 Å². The van der Waals surface area contributed by atoms with Crippen molar-refractivity contribution < 1.29 is 19.4 Å². The SMILES string of the molecule is CC(=O)OCC1(C)C(=O)CCC2(C)C1CCC1(C)C2CCC2C=CC(O)C21C. The van der Waals surface area contributed by atoms with Gasteiger partial charge in [-0.25, -0.2) is 0 Å². The second kappa shape index (κ2) is 6.17. The Balaban J connectivity index is 1.73. The molecule has 0 spiro atoms. The zero-order valence-electron chi connectivity index (χ0n) is 18.1. The van der Waals surface area contributed by atoms with Crippen LogP contribution in [-0.2, 0) is 14.3 Å². The van der Waals surface area contributed by atoms with E-state index in [-0.39, 0.29) is 46.6 Å². The summed E-state index contributed by atoms with van der Waals surface area (Å²) >= 11 is 0. The van der Waals surface area contributed by atoms with Gasteiger partial charge in [-0.15, -0.1) is 0 Å².